The molecule has 166 valence electrons. The molecule has 2 amide bonds. The number of methoxy groups -OCH3 is 1. The fraction of sp³-hybridized carbons (Fsp3) is 0.591. The van der Waals surface area contributed by atoms with Gasteiger partial charge in [-0.05, 0) is 42.9 Å². The van der Waals surface area contributed by atoms with E-state index in [4.69, 9.17) is 9.47 Å². The fourth-order valence-electron chi connectivity index (χ4n) is 3.61. The van der Waals surface area contributed by atoms with Crippen molar-refractivity contribution >= 4 is 17.6 Å². The van der Waals surface area contributed by atoms with Crippen LogP contribution < -0.4 is 15.4 Å². The van der Waals surface area contributed by atoms with Gasteiger partial charge in [-0.3, -0.25) is 14.4 Å². The molecule has 3 N–H and O–H groups in total. The summed E-state index contributed by atoms with van der Waals surface area (Å²) < 4.78 is 10.1. The number of hydrogen-bond acceptors (Lipinski definition) is 6. The summed E-state index contributed by atoms with van der Waals surface area (Å²) >= 11 is 0. The predicted octanol–water partition coefficient (Wildman–Crippen LogP) is 2.19. The van der Waals surface area contributed by atoms with Gasteiger partial charge in [0.2, 0.25) is 5.91 Å². The highest BCUT2D eigenvalue weighted by atomic mass is 16.5. The van der Waals surface area contributed by atoms with Gasteiger partial charge in [0.05, 0.1) is 13.7 Å². The summed E-state index contributed by atoms with van der Waals surface area (Å²) in [5.41, 5.74) is 0.254. The van der Waals surface area contributed by atoms with Gasteiger partial charge < -0.3 is 25.2 Å². The minimum Gasteiger partial charge on any atom is -0.504 e. The van der Waals surface area contributed by atoms with E-state index in [-0.39, 0.29) is 41.5 Å². The third-order valence-corrected chi connectivity index (χ3v) is 5.56. The lowest BCUT2D eigenvalue weighted by atomic mass is 9.67. The standard InChI is InChI=1S/C20H26N2O6.C2H6/c1-20(6-3-7-20)9-13(19(26)22-14-10-28-11-16(14)24)21-18(25)12-4-5-15(23)17(8-12)27-2;1-2/h4-5,8,13-14,23H,3,6-7,9-11H2,1-2H3,(H,21,25)(H,22,26);1-2H3. The first-order valence-electron chi connectivity index (χ1n) is 10.4. The molecule has 1 heterocycles. The summed E-state index contributed by atoms with van der Waals surface area (Å²) in [7, 11) is 1.39. The number of carbonyl (C=O) groups excluding carboxylic acids is 3. The highest BCUT2D eigenvalue weighted by molar-refractivity contribution is 5.99. The van der Waals surface area contributed by atoms with Gasteiger partial charge in [0.15, 0.2) is 17.3 Å². The molecule has 1 saturated carbocycles. The molecule has 1 aromatic rings. The van der Waals surface area contributed by atoms with E-state index in [0.717, 1.165) is 19.3 Å². The second-order valence-corrected chi connectivity index (χ2v) is 7.82. The predicted molar refractivity (Wildman–Crippen MR) is 112 cm³/mol. The zero-order valence-electron chi connectivity index (χ0n) is 18.1. The average Bonchev–Trinajstić information content (AvgIpc) is 3.12. The van der Waals surface area contributed by atoms with Crippen molar-refractivity contribution in [2.45, 2.75) is 58.5 Å². The Kier molecular flexibility index (Phi) is 8.23. The second-order valence-electron chi connectivity index (χ2n) is 7.82. The topological polar surface area (TPSA) is 114 Å². The number of ether oxygens (including phenoxy) is 2. The third-order valence-electron chi connectivity index (χ3n) is 5.56. The molecule has 30 heavy (non-hydrogen) atoms. The molecule has 0 aromatic heterocycles. The van der Waals surface area contributed by atoms with E-state index >= 15 is 0 Å². The first-order chi connectivity index (χ1) is 14.3. The highest BCUT2D eigenvalue weighted by Crippen LogP contribution is 2.44. The minimum absolute atomic E-state index is 0.00695. The quantitative estimate of drug-likeness (QED) is 0.623. The molecule has 3 rings (SSSR count). The molecule has 0 radical (unpaired) electrons. The monoisotopic (exact) mass is 420 g/mol. The van der Waals surface area contributed by atoms with Crippen LogP contribution in [0.5, 0.6) is 11.5 Å². The lowest BCUT2D eigenvalue weighted by Crippen LogP contribution is -2.53. The van der Waals surface area contributed by atoms with Gasteiger partial charge in [-0.2, -0.15) is 0 Å². The van der Waals surface area contributed by atoms with Gasteiger partial charge >= 0.3 is 0 Å². The summed E-state index contributed by atoms with van der Waals surface area (Å²) in [6.45, 7) is 6.24. The maximum atomic E-state index is 12.8. The first kappa shape index (κ1) is 23.7. The fourth-order valence-corrected chi connectivity index (χ4v) is 3.61. The van der Waals surface area contributed by atoms with Crippen LogP contribution in [0.25, 0.3) is 0 Å². The average molecular weight is 421 g/mol. The van der Waals surface area contributed by atoms with Crippen LogP contribution in [0.4, 0.5) is 0 Å². The van der Waals surface area contributed by atoms with Crippen molar-refractivity contribution in [3.05, 3.63) is 23.8 Å². The molecule has 1 saturated heterocycles. The number of hydrogen-bond donors (Lipinski definition) is 3. The Balaban J connectivity index is 0.00000155. The van der Waals surface area contributed by atoms with Crippen molar-refractivity contribution < 1.29 is 29.0 Å². The molecule has 0 spiro atoms. The second kappa shape index (κ2) is 10.4. The van der Waals surface area contributed by atoms with Crippen LogP contribution in [0.15, 0.2) is 18.2 Å². The molecule has 8 nitrogen and oxygen atoms in total. The van der Waals surface area contributed by atoms with E-state index in [1.165, 1.54) is 25.3 Å². The van der Waals surface area contributed by atoms with Crippen LogP contribution in [-0.2, 0) is 14.3 Å². The molecule has 1 aliphatic heterocycles. The summed E-state index contributed by atoms with van der Waals surface area (Å²) in [4.78, 5) is 37.3. The smallest absolute Gasteiger partial charge is 0.252 e. The Morgan fingerprint density at radius 2 is 2.03 bits per heavy atom. The van der Waals surface area contributed by atoms with Gasteiger partial charge in [-0.1, -0.05) is 27.2 Å². The molecule has 1 aromatic carbocycles. The van der Waals surface area contributed by atoms with Crippen LogP contribution >= 0.6 is 0 Å². The lowest BCUT2D eigenvalue weighted by Gasteiger charge is -2.40. The van der Waals surface area contributed by atoms with Crippen molar-refractivity contribution in [3.8, 4) is 11.5 Å². The largest absolute Gasteiger partial charge is 0.504 e. The third kappa shape index (κ3) is 5.72. The Morgan fingerprint density at radius 1 is 1.33 bits per heavy atom. The van der Waals surface area contributed by atoms with Gasteiger partial charge in [-0.25, -0.2) is 0 Å². The molecule has 0 bridgehead atoms. The number of Topliss-reactive ketones (excluding diaryl/α,β-unsaturated/α-hetero) is 1. The molecule has 1 aliphatic carbocycles. The van der Waals surface area contributed by atoms with Gasteiger partial charge in [0, 0.05) is 5.56 Å². The number of phenols is 1. The number of ketones is 1. The number of nitrogens with one attached hydrogen (secondary N) is 2. The highest BCUT2D eigenvalue weighted by Gasteiger charge is 2.38. The van der Waals surface area contributed by atoms with E-state index in [9.17, 15) is 19.5 Å². The van der Waals surface area contributed by atoms with Crippen LogP contribution in [0.3, 0.4) is 0 Å². The normalized spacial score (nSPS) is 20.3. The zero-order valence-corrected chi connectivity index (χ0v) is 18.1. The molecular weight excluding hydrogens is 388 g/mol. The number of amides is 2. The number of phenolic OH excluding ortho intramolecular Hbond substituents is 1. The van der Waals surface area contributed by atoms with Crippen molar-refractivity contribution in [1.29, 1.82) is 0 Å². The van der Waals surface area contributed by atoms with E-state index < -0.39 is 23.9 Å². The van der Waals surface area contributed by atoms with Crippen LogP contribution in [0.2, 0.25) is 0 Å². The maximum Gasteiger partial charge on any atom is 0.252 e. The lowest BCUT2D eigenvalue weighted by molar-refractivity contribution is -0.128. The number of rotatable bonds is 7. The number of carbonyl (C=O) groups is 3. The Morgan fingerprint density at radius 3 is 2.57 bits per heavy atom. The van der Waals surface area contributed by atoms with E-state index in [1.54, 1.807) is 0 Å². The van der Waals surface area contributed by atoms with E-state index in [2.05, 4.69) is 17.6 Å². The summed E-state index contributed by atoms with van der Waals surface area (Å²) in [5.74, 6) is -0.911. The summed E-state index contributed by atoms with van der Waals surface area (Å²) in [6.07, 6.45) is 3.57. The van der Waals surface area contributed by atoms with Gasteiger partial charge in [0.25, 0.3) is 5.91 Å². The number of benzene rings is 1. The first-order valence-corrected chi connectivity index (χ1v) is 10.4. The summed E-state index contributed by atoms with van der Waals surface area (Å²) in [6, 6.07) is 2.80. The van der Waals surface area contributed by atoms with Gasteiger partial charge in [0.1, 0.15) is 18.7 Å². The molecule has 2 atom stereocenters. The van der Waals surface area contributed by atoms with Gasteiger partial charge in [-0.15, -0.1) is 0 Å². The van der Waals surface area contributed by atoms with E-state index in [0.29, 0.717) is 6.42 Å². The van der Waals surface area contributed by atoms with Crippen LogP contribution in [0, 0.1) is 5.41 Å². The molecule has 2 unspecified atom stereocenters. The van der Waals surface area contributed by atoms with Crippen molar-refractivity contribution in [1.82, 2.24) is 10.6 Å². The van der Waals surface area contributed by atoms with Crippen molar-refractivity contribution in [2.24, 2.45) is 5.41 Å². The Bertz CT molecular complexity index is 775. The maximum absolute atomic E-state index is 12.8. The molecule has 2 aliphatic rings. The van der Waals surface area contributed by atoms with Crippen molar-refractivity contribution in [3.63, 3.8) is 0 Å². The summed E-state index contributed by atoms with van der Waals surface area (Å²) in [5, 5.41) is 15.2. The number of aromatic hydroxyl groups is 1. The molecule has 2 fully saturated rings. The Labute approximate surface area is 177 Å². The van der Waals surface area contributed by atoms with Crippen molar-refractivity contribution in [2.75, 3.05) is 20.3 Å². The van der Waals surface area contributed by atoms with E-state index in [1.807, 2.05) is 13.8 Å². The van der Waals surface area contributed by atoms with Crippen LogP contribution in [-0.4, -0.2) is 55.1 Å². The minimum atomic E-state index is -0.772. The zero-order chi connectivity index (χ0) is 22.3. The SMILES string of the molecule is CC.COc1cc(C(=O)NC(CC2(C)CCC2)C(=O)NC2COCC2=O)ccc1O. The van der Waals surface area contributed by atoms with Crippen LogP contribution in [0.1, 0.15) is 56.8 Å². The molecular formula is C22H32N2O6. The molecule has 8 heteroatoms. The Hall–Kier alpha value is -2.61.